The van der Waals surface area contributed by atoms with Crippen LogP contribution in [-0.2, 0) is 17.8 Å². The summed E-state index contributed by atoms with van der Waals surface area (Å²) in [6, 6.07) is 4.68. The van der Waals surface area contributed by atoms with Gasteiger partial charge < -0.3 is 9.84 Å². The van der Waals surface area contributed by atoms with Crippen molar-refractivity contribution in [3.05, 3.63) is 27.7 Å². The Kier molecular flexibility index (Phi) is 5.79. The highest BCUT2D eigenvalue weighted by molar-refractivity contribution is 9.10. The number of likely N-dealkylation sites (tertiary alicyclic amines) is 1. The van der Waals surface area contributed by atoms with Crippen LogP contribution >= 0.6 is 15.9 Å². The van der Waals surface area contributed by atoms with Gasteiger partial charge in [0.05, 0.1) is 13.2 Å². The first-order chi connectivity index (χ1) is 11.5. The van der Waals surface area contributed by atoms with Crippen molar-refractivity contribution in [3.8, 4) is 5.75 Å². The van der Waals surface area contributed by atoms with Crippen molar-refractivity contribution in [2.45, 2.75) is 38.3 Å². The fourth-order valence-corrected chi connectivity index (χ4v) is 4.34. The van der Waals surface area contributed by atoms with Gasteiger partial charge in [0, 0.05) is 29.0 Å². The van der Waals surface area contributed by atoms with E-state index in [0.29, 0.717) is 6.04 Å². The molecule has 1 aromatic carbocycles. The van der Waals surface area contributed by atoms with Gasteiger partial charge in [-0.2, -0.15) is 0 Å². The van der Waals surface area contributed by atoms with Crippen LogP contribution in [0.5, 0.6) is 5.75 Å². The number of carboxylic acids is 1. The van der Waals surface area contributed by atoms with E-state index in [1.165, 1.54) is 11.1 Å². The molecular formula is C18H25BrN2O3. The summed E-state index contributed by atoms with van der Waals surface area (Å²) in [5.74, 6) is 0.322. The molecule has 0 spiro atoms. The number of likely N-dealkylation sites (N-methyl/N-ethyl adjacent to an activating group) is 1. The van der Waals surface area contributed by atoms with Crippen LogP contribution in [0.3, 0.4) is 0 Å². The summed E-state index contributed by atoms with van der Waals surface area (Å²) >= 11 is 3.61. The highest BCUT2D eigenvalue weighted by Gasteiger charge is 2.24. The molecule has 1 saturated heterocycles. The number of benzene rings is 1. The van der Waals surface area contributed by atoms with Crippen molar-refractivity contribution < 1.29 is 14.6 Å². The number of fused-ring (bicyclic) bond motifs is 1. The average Bonchev–Trinajstić information content (AvgIpc) is 2.85. The first-order valence-electron chi connectivity index (χ1n) is 8.61. The van der Waals surface area contributed by atoms with E-state index in [1.807, 2.05) is 11.9 Å². The van der Waals surface area contributed by atoms with Crippen molar-refractivity contribution >= 4 is 21.9 Å². The molecule has 0 aliphatic carbocycles. The Hall–Kier alpha value is -1.11. The quantitative estimate of drug-likeness (QED) is 0.828. The molecule has 132 valence electrons. The molecule has 1 unspecified atom stereocenters. The van der Waals surface area contributed by atoms with E-state index in [2.05, 4.69) is 33.0 Å². The molecule has 6 heteroatoms. The molecule has 1 atom stereocenters. The van der Waals surface area contributed by atoms with E-state index in [0.717, 1.165) is 62.1 Å². The molecule has 5 nitrogen and oxygen atoms in total. The van der Waals surface area contributed by atoms with Crippen LogP contribution in [0.1, 0.15) is 30.4 Å². The normalized spacial score (nSPS) is 21.4. The Morgan fingerprint density at radius 1 is 1.42 bits per heavy atom. The Labute approximate surface area is 151 Å². The summed E-state index contributed by atoms with van der Waals surface area (Å²) in [5.41, 5.74) is 2.56. The molecule has 1 aromatic rings. The zero-order valence-corrected chi connectivity index (χ0v) is 15.7. The summed E-state index contributed by atoms with van der Waals surface area (Å²) in [5, 5.41) is 8.98. The van der Waals surface area contributed by atoms with Crippen molar-refractivity contribution in [2.24, 2.45) is 0 Å². The lowest BCUT2D eigenvalue weighted by molar-refractivity contribution is -0.138. The van der Waals surface area contributed by atoms with Crippen LogP contribution in [0.2, 0.25) is 0 Å². The Morgan fingerprint density at radius 2 is 2.25 bits per heavy atom. The minimum atomic E-state index is -0.750. The number of nitrogens with zero attached hydrogens (tertiary/aromatic N) is 2. The number of hydrogen-bond acceptors (Lipinski definition) is 4. The SMILES string of the molecule is CN(CC(=O)O)C1CCCN(Cc2cc(Br)cc3c2OCC3)CC1. The van der Waals surface area contributed by atoms with Crippen LogP contribution in [0.25, 0.3) is 0 Å². The molecule has 0 saturated carbocycles. The van der Waals surface area contributed by atoms with Gasteiger partial charge in [0.1, 0.15) is 5.75 Å². The predicted octanol–water partition coefficient (Wildman–Crippen LogP) is 2.75. The third kappa shape index (κ3) is 4.29. The zero-order chi connectivity index (χ0) is 17.1. The molecule has 2 heterocycles. The van der Waals surface area contributed by atoms with Gasteiger partial charge in [0.15, 0.2) is 0 Å². The molecule has 2 aliphatic heterocycles. The van der Waals surface area contributed by atoms with Gasteiger partial charge in [-0.25, -0.2) is 0 Å². The van der Waals surface area contributed by atoms with Crippen LogP contribution < -0.4 is 4.74 Å². The third-order valence-electron chi connectivity index (χ3n) is 5.02. The highest BCUT2D eigenvalue weighted by Crippen LogP contribution is 2.34. The van der Waals surface area contributed by atoms with Gasteiger partial charge in [-0.3, -0.25) is 14.6 Å². The summed E-state index contributed by atoms with van der Waals surface area (Å²) in [4.78, 5) is 15.4. The standard InChI is InChI=1S/C18H25BrN2O3/c1-20(12-17(22)23)16-3-2-6-21(7-4-16)11-14-10-15(19)9-13-5-8-24-18(13)14/h9-10,16H,2-8,11-12H2,1H3,(H,22,23). The molecule has 0 radical (unpaired) electrons. The Balaban J connectivity index is 1.62. The lowest BCUT2D eigenvalue weighted by Crippen LogP contribution is -2.36. The van der Waals surface area contributed by atoms with Gasteiger partial charge in [-0.05, 0) is 57.1 Å². The summed E-state index contributed by atoms with van der Waals surface area (Å²) in [6.45, 7) is 3.85. The van der Waals surface area contributed by atoms with Crippen LogP contribution in [0.15, 0.2) is 16.6 Å². The maximum absolute atomic E-state index is 10.9. The molecule has 2 aliphatic rings. The highest BCUT2D eigenvalue weighted by atomic mass is 79.9. The predicted molar refractivity (Wildman–Crippen MR) is 96.5 cm³/mol. The minimum Gasteiger partial charge on any atom is -0.493 e. The number of ether oxygens (including phenoxy) is 1. The van der Waals surface area contributed by atoms with Gasteiger partial charge in [-0.15, -0.1) is 0 Å². The minimum absolute atomic E-state index is 0.123. The molecule has 1 N–H and O–H groups in total. The van der Waals surface area contributed by atoms with Gasteiger partial charge >= 0.3 is 5.97 Å². The number of aliphatic carboxylic acids is 1. The lowest BCUT2D eigenvalue weighted by Gasteiger charge is -2.26. The van der Waals surface area contributed by atoms with Crippen LogP contribution in [-0.4, -0.2) is 60.2 Å². The van der Waals surface area contributed by atoms with Gasteiger partial charge in [-0.1, -0.05) is 15.9 Å². The van der Waals surface area contributed by atoms with E-state index in [9.17, 15) is 4.79 Å². The van der Waals surface area contributed by atoms with E-state index >= 15 is 0 Å². The maximum Gasteiger partial charge on any atom is 0.317 e. The van der Waals surface area contributed by atoms with Gasteiger partial charge in [0.2, 0.25) is 0 Å². The van der Waals surface area contributed by atoms with Gasteiger partial charge in [0.25, 0.3) is 0 Å². The Bertz CT molecular complexity index is 608. The zero-order valence-electron chi connectivity index (χ0n) is 14.1. The largest absolute Gasteiger partial charge is 0.493 e. The third-order valence-corrected chi connectivity index (χ3v) is 5.48. The monoisotopic (exact) mass is 396 g/mol. The van der Waals surface area contributed by atoms with E-state index < -0.39 is 5.97 Å². The summed E-state index contributed by atoms with van der Waals surface area (Å²) in [7, 11) is 1.92. The van der Waals surface area contributed by atoms with Crippen LogP contribution in [0.4, 0.5) is 0 Å². The fourth-order valence-electron chi connectivity index (χ4n) is 3.78. The average molecular weight is 397 g/mol. The first kappa shape index (κ1) is 17.7. The number of hydrogen-bond donors (Lipinski definition) is 1. The maximum atomic E-state index is 10.9. The summed E-state index contributed by atoms with van der Waals surface area (Å²) < 4.78 is 6.96. The van der Waals surface area contributed by atoms with Crippen molar-refractivity contribution in [3.63, 3.8) is 0 Å². The number of carboxylic acid groups (broad SMARTS) is 1. The molecule has 1 fully saturated rings. The second-order valence-electron chi connectivity index (χ2n) is 6.82. The van der Waals surface area contributed by atoms with Crippen molar-refractivity contribution in [2.75, 3.05) is 33.3 Å². The molecule has 0 aromatic heterocycles. The number of halogens is 1. The number of carbonyl (C=O) groups is 1. The van der Waals surface area contributed by atoms with Crippen LogP contribution in [0, 0.1) is 0 Å². The van der Waals surface area contributed by atoms with E-state index in [1.54, 1.807) is 0 Å². The van der Waals surface area contributed by atoms with E-state index in [-0.39, 0.29) is 6.54 Å². The molecule has 3 rings (SSSR count). The van der Waals surface area contributed by atoms with Crippen molar-refractivity contribution in [1.29, 1.82) is 0 Å². The first-order valence-corrected chi connectivity index (χ1v) is 9.40. The smallest absolute Gasteiger partial charge is 0.317 e. The molecular weight excluding hydrogens is 372 g/mol. The second-order valence-corrected chi connectivity index (χ2v) is 7.74. The lowest BCUT2D eigenvalue weighted by atomic mass is 10.1. The second kappa shape index (κ2) is 7.85. The fraction of sp³-hybridized carbons (Fsp3) is 0.611. The number of rotatable bonds is 5. The summed E-state index contributed by atoms with van der Waals surface area (Å²) in [6.07, 6.45) is 4.17. The molecule has 0 amide bonds. The molecule has 24 heavy (non-hydrogen) atoms. The van der Waals surface area contributed by atoms with E-state index in [4.69, 9.17) is 9.84 Å². The van der Waals surface area contributed by atoms with Crippen molar-refractivity contribution in [1.82, 2.24) is 9.80 Å². The topological polar surface area (TPSA) is 53.0 Å². The Morgan fingerprint density at radius 3 is 3.04 bits per heavy atom. The molecule has 0 bridgehead atoms.